The third-order valence-corrected chi connectivity index (χ3v) is 4.80. The summed E-state index contributed by atoms with van der Waals surface area (Å²) < 4.78 is 20.9. The zero-order chi connectivity index (χ0) is 22.4. The molecule has 1 heterocycles. The molecule has 0 atom stereocenters. The summed E-state index contributed by atoms with van der Waals surface area (Å²) in [7, 11) is 3.19. The van der Waals surface area contributed by atoms with E-state index < -0.39 is 24.5 Å². The number of ether oxygens (including phenoxy) is 3. The average molecular weight is 423 g/mol. The van der Waals surface area contributed by atoms with Crippen LogP contribution >= 0.6 is 0 Å². The van der Waals surface area contributed by atoms with E-state index in [0.717, 1.165) is 11.1 Å². The van der Waals surface area contributed by atoms with E-state index in [0.29, 0.717) is 28.6 Å². The number of aryl methyl sites for hydroxylation is 2. The Labute approximate surface area is 180 Å². The molecule has 7 heteroatoms. The second kappa shape index (κ2) is 9.84. The maximum absolute atomic E-state index is 12.6. The van der Waals surface area contributed by atoms with Gasteiger partial charge in [0.25, 0.3) is 5.91 Å². The smallest absolute Gasteiger partial charge is 0.342 e. The molecule has 0 unspecified atom stereocenters. The lowest BCUT2D eigenvalue weighted by atomic mass is 9.98. The lowest BCUT2D eigenvalue weighted by molar-refractivity contribution is -0.124. The van der Waals surface area contributed by atoms with Gasteiger partial charge in [0, 0.05) is 0 Å². The first-order chi connectivity index (χ1) is 14.9. The molecular formula is C24H25NO6. The van der Waals surface area contributed by atoms with Crippen molar-refractivity contribution in [3.05, 3.63) is 82.8 Å². The van der Waals surface area contributed by atoms with E-state index in [1.165, 1.54) is 0 Å². The number of methoxy groups -OCH3 is 2. The van der Waals surface area contributed by atoms with Gasteiger partial charge in [-0.1, -0.05) is 24.3 Å². The minimum absolute atomic E-state index is 0.312. The van der Waals surface area contributed by atoms with Gasteiger partial charge in [-0.05, 0) is 55.3 Å². The molecule has 1 N–H and O–H groups in total. The van der Waals surface area contributed by atoms with Crippen molar-refractivity contribution in [1.29, 1.82) is 0 Å². The van der Waals surface area contributed by atoms with Gasteiger partial charge in [0.1, 0.15) is 28.6 Å². The van der Waals surface area contributed by atoms with Crippen molar-refractivity contribution < 1.29 is 28.2 Å². The first-order valence-electron chi connectivity index (χ1n) is 9.72. The van der Waals surface area contributed by atoms with Crippen molar-refractivity contribution in [2.24, 2.45) is 0 Å². The standard InChI is InChI=1S/C24H25NO6/c1-15-13-21(16(2)31-15)24(27)30-14-22(26)25-23(17-5-9-19(28-3)10-6-17)18-7-11-20(29-4)12-8-18/h5-13,23H,14H2,1-4H3,(H,25,26). The first-order valence-corrected chi connectivity index (χ1v) is 9.72. The van der Waals surface area contributed by atoms with Crippen LogP contribution in [0.3, 0.4) is 0 Å². The Hall–Kier alpha value is -3.74. The Morgan fingerprint density at radius 2 is 1.42 bits per heavy atom. The largest absolute Gasteiger partial charge is 0.497 e. The van der Waals surface area contributed by atoms with E-state index in [-0.39, 0.29) is 0 Å². The minimum atomic E-state index is -0.602. The fourth-order valence-electron chi connectivity index (χ4n) is 3.20. The van der Waals surface area contributed by atoms with E-state index in [9.17, 15) is 9.59 Å². The Balaban J connectivity index is 1.74. The van der Waals surface area contributed by atoms with Crippen LogP contribution in [0.2, 0.25) is 0 Å². The molecule has 0 saturated heterocycles. The Bertz CT molecular complexity index is 989. The van der Waals surface area contributed by atoms with Crippen LogP contribution in [0.25, 0.3) is 0 Å². The lowest BCUT2D eigenvalue weighted by Crippen LogP contribution is -2.33. The normalized spacial score (nSPS) is 10.6. The molecule has 0 bridgehead atoms. The third-order valence-electron chi connectivity index (χ3n) is 4.80. The number of carbonyl (C=O) groups excluding carboxylic acids is 2. The molecule has 2 aromatic carbocycles. The van der Waals surface area contributed by atoms with Gasteiger partial charge in [-0.3, -0.25) is 4.79 Å². The Morgan fingerprint density at radius 3 is 1.84 bits per heavy atom. The summed E-state index contributed by atoms with van der Waals surface area (Å²) >= 11 is 0. The number of hydrogen-bond acceptors (Lipinski definition) is 6. The zero-order valence-electron chi connectivity index (χ0n) is 17.9. The van der Waals surface area contributed by atoms with Gasteiger partial charge >= 0.3 is 5.97 Å². The lowest BCUT2D eigenvalue weighted by Gasteiger charge is -2.20. The molecule has 1 amide bonds. The number of hydrogen-bond donors (Lipinski definition) is 1. The topological polar surface area (TPSA) is 87.0 Å². The van der Waals surface area contributed by atoms with Crippen molar-refractivity contribution in [2.75, 3.05) is 20.8 Å². The molecule has 0 spiro atoms. The number of nitrogens with one attached hydrogen (secondary N) is 1. The summed E-state index contributed by atoms with van der Waals surface area (Å²) in [6.07, 6.45) is 0. The fraction of sp³-hybridized carbons (Fsp3) is 0.250. The number of furan rings is 1. The Morgan fingerprint density at radius 1 is 0.903 bits per heavy atom. The van der Waals surface area contributed by atoms with Crippen LogP contribution in [0.4, 0.5) is 0 Å². The van der Waals surface area contributed by atoms with E-state index in [4.69, 9.17) is 18.6 Å². The predicted molar refractivity (Wildman–Crippen MR) is 114 cm³/mol. The average Bonchev–Trinajstić information content (AvgIpc) is 3.14. The summed E-state index contributed by atoms with van der Waals surface area (Å²) in [6, 6.07) is 15.9. The summed E-state index contributed by atoms with van der Waals surface area (Å²) in [5.41, 5.74) is 2.02. The molecule has 3 rings (SSSR count). The minimum Gasteiger partial charge on any atom is -0.497 e. The molecule has 0 radical (unpaired) electrons. The van der Waals surface area contributed by atoms with Crippen LogP contribution < -0.4 is 14.8 Å². The molecule has 0 aliphatic rings. The van der Waals surface area contributed by atoms with Gasteiger partial charge in [0.15, 0.2) is 6.61 Å². The molecule has 1 aromatic heterocycles. The van der Waals surface area contributed by atoms with Crippen LogP contribution in [0.5, 0.6) is 11.5 Å². The molecule has 0 aliphatic carbocycles. The fourth-order valence-corrected chi connectivity index (χ4v) is 3.20. The van der Waals surface area contributed by atoms with Crippen molar-refractivity contribution in [3.8, 4) is 11.5 Å². The highest BCUT2D eigenvalue weighted by atomic mass is 16.5. The van der Waals surface area contributed by atoms with Gasteiger partial charge in [-0.25, -0.2) is 4.79 Å². The first kappa shape index (κ1) is 22.0. The predicted octanol–water partition coefficient (Wildman–Crippen LogP) is 3.98. The molecular weight excluding hydrogens is 398 g/mol. The van der Waals surface area contributed by atoms with Crippen molar-refractivity contribution >= 4 is 11.9 Å². The molecule has 162 valence electrons. The van der Waals surface area contributed by atoms with Crippen LogP contribution in [-0.4, -0.2) is 32.7 Å². The van der Waals surface area contributed by atoms with Crippen molar-refractivity contribution in [1.82, 2.24) is 5.32 Å². The van der Waals surface area contributed by atoms with Gasteiger partial charge in [0.05, 0.1) is 20.3 Å². The highest BCUT2D eigenvalue weighted by molar-refractivity contribution is 5.92. The number of esters is 1. The summed E-state index contributed by atoms with van der Waals surface area (Å²) in [5.74, 6) is 1.45. The molecule has 3 aromatic rings. The van der Waals surface area contributed by atoms with Gasteiger partial charge in [-0.15, -0.1) is 0 Å². The van der Waals surface area contributed by atoms with E-state index >= 15 is 0 Å². The van der Waals surface area contributed by atoms with Gasteiger partial charge < -0.3 is 23.9 Å². The molecule has 7 nitrogen and oxygen atoms in total. The highest BCUT2D eigenvalue weighted by Gasteiger charge is 2.20. The van der Waals surface area contributed by atoms with Crippen molar-refractivity contribution in [3.63, 3.8) is 0 Å². The molecule has 0 fully saturated rings. The number of amides is 1. The van der Waals surface area contributed by atoms with E-state index in [2.05, 4.69) is 5.32 Å². The van der Waals surface area contributed by atoms with Crippen LogP contribution in [0.1, 0.15) is 39.0 Å². The maximum Gasteiger partial charge on any atom is 0.342 e. The number of rotatable bonds is 8. The van der Waals surface area contributed by atoms with Gasteiger partial charge in [-0.2, -0.15) is 0 Å². The number of carbonyl (C=O) groups is 2. The van der Waals surface area contributed by atoms with E-state index in [1.54, 1.807) is 34.1 Å². The van der Waals surface area contributed by atoms with Gasteiger partial charge in [0.2, 0.25) is 0 Å². The summed E-state index contributed by atoms with van der Waals surface area (Å²) in [6.45, 7) is 3.00. The van der Waals surface area contributed by atoms with Crippen molar-refractivity contribution in [2.45, 2.75) is 19.9 Å². The summed E-state index contributed by atoms with van der Waals surface area (Å²) in [5, 5.41) is 2.93. The quantitative estimate of drug-likeness (QED) is 0.552. The second-order valence-corrected chi connectivity index (χ2v) is 6.95. The maximum atomic E-state index is 12.6. The highest BCUT2D eigenvalue weighted by Crippen LogP contribution is 2.26. The second-order valence-electron chi connectivity index (χ2n) is 6.95. The monoisotopic (exact) mass is 423 g/mol. The zero-order valence-corrected chi connectivity index (χ0v) is 17.9. The number of benzene rings is 2. The molecule has 0 saturated carbocycles. The Kier molecular flexibility index (Phi) is 6.97. The molecule has 0 aliphatic heterocycles. The van der Waals surface area contributed by atoms with Crippen LogP contribution in [0, 0.1) is 13.8 Å². The third kappa shape index (κ3) is 5.45. The SMILES string of the molecule is COc1ccc(C(NC(=O)COC(=O)c2cc(C)oc2C)c2ccc(OC)cc2)cc1. The van der Waals surface area contributed by atoms with Crippen LogP contribution in [-0.2, 0) is 9.53 Å². The van der Waals surface area contributed by atoms with Crippen LogP contribution in [0.15, 0.2) is 59.0 Å². The summed E-state index contributed by atoms with van der Waals surface area (Å²) in [4.78, 5) is 24.9. The molecule has 31 heavy (non-hydrogen) atoms. The van der Waals surface area contributed by atoms with E-state index in [1.807, 2.05) is 48.5 Å².